The van der Waals surface area contributed by atoms with Gasteiger partial charge in [0.25, 0.3) is 0 Å². The molecule has 6 nitrogen and oxygen atoms in total. The summed E-state index contributed by atoms with van der Waals surface area (Å²) in [5.41, 5.74) is 5.33. The number of hydrogen-bond acceptors (Lipinski definition) is 5. The minimum Gasteiger partial charge on any atom is -0.392 e. The number of pyridine rings is 1. The topological polar surface area (TPSA) is 105 Å². The zero-order valence-electron chi connectivity index (χ0n) is 8.21. The van der Waals surface area contributed by atoms with Gasteiger partial charge in [-0.3, -0.25) is 0 Å². The maximum absolute atomic E-state index is 11.5. The molecule has 0 aliphatic rings. The van der Waals surface area contributed by atoms with E-state index in [0.717, 1.165) is 0 Å². The van der Waals surface area contributed by atoms with Crippen LogP contribution in [0.15, 0.2) is 23.2 Å². The third-order valence-electron chi connectivity index (χ3n) is 1.64. The Balaban J connectivity index is 2.82. The Kier molecular flexibility index (Phi) is 3.61. The summed E-state index contributed by atoms with van der Waals surface area (Å²) >= 11 is 0. The molecule has 0 radical (unpaired) electrons. The molecule has 0 aromatic carbocycles. The van der Waals surface area contributed by atoms with Crippen LogP contribution in [-0.2, 0) is 10.0 Å². The standard InChI is InChI=1S/C8H13N3O3S/c1-6(12)4-11-15(13,14)7-2-3-8(9)10-5-7/h2-3,5-6,11-12H,4H2,1H3,(H2,9,10)/t6-/m0/s1. The van der Waals surface area contributed by atoms with Crippen LogP contribution in [0.5, 0.6) is 0 Å². The number of nitrogens with one attached hydrogen (secondary N) is 1. The first-order valence-electron chi connectivity index (χ1n) is 4.31. The SMILES string of the molecule is C[C@H](O)CNS(=O)(=O)c1ccc(N)nc1. The highest BCUT2D eigenvalue weighted by atomic mass is 32.2. The Bertz CT molecular complexity index is 413. The van der Waals surface area contributed by atoms with Gasteiger partial charge < -0.3 is 10.8 Å². The molecule has 0 saturated carbocycles. The number of rotatable bonds is 4. The van der Waals surface area contributed by atoms with Gasteiger partial charge in [0.05, 0.1) is 6.10 Å². The van der Waals surface area contributed by atoms with Crippen LogP contribution in [0.2, 0.25) is 0 Å². The summed E-state index contributed by atoms with van der Waals surface area (Å²) in [5, 5.41) is 8.94. The molecule has 1 rings (SSSR count). The third-order valence-corrected chi connectivity index (χ3v) is 3.05. The summed E-state index contributed by atoms with van der Waals surface area (Å²) in [6, 6.07) is 2.75. The second kappa shape index (κ2) is 4.56. The maximum atomic E-state index is 11.5. The van der Waals surface area contributed by atoms with Crippen LogP contribution in [0, 0.1) is 0 Å². The second-order valence-corrected chi connectivity index (χ2v) is 4.89. The van der Waals surface area contributed by atoms with Gasteiger partial charge in [-0.15, -0.1) is 0 Å². The van der Waals surface area contributed by atoms with E-state index >= 15 is 0 Å². The van der Waals surface area contributed by atoms with Gasteiger partial charge in [-0.25, -0.2) is 18.1 Å². The number of aromatic nitrogens is 1. The van der Waals surface area contributed by atoms with Crippen LogP contribution in [0.4, 0.5) is 5.82 Å². The van der Waals surface area contributed by atoms with Crippen LogP contribution < -0.4 is 10.5 Å². The summed E-state index contributed by atoms with van der Waals surface area (Å²) in [5.74, 6) is 0.254. The van der Waals surface area contributed by atoms with Crippen molar-refractivity contribution < 1.29 is 13.5 Å². The smallest absolute Gasteiger partial charge is 0.242 e. The van der Waals surface area contributed by atoms with Crippen LogP contribution in [0.3, 0.4) is 0 Å². The van der Waals surface area contributed by atoms with Gasteiger partial charge in [-0.1, -0.05) is 0 Å². The molecule has 0 bridgehead atoms. The van der Waals surface area contributed by atoms with Crippen LogP contribution in [-0.4, -0.2) is 31.2 Å². The molecule has 1 heterocycles. The molecule has 0 saturated heterocycles. The van der Waals surface area contributed by atoms with Crippen LogP contribution in [0.25, 0.3) is 0 Å². The predicted molar refractivity (Wildman–Crippen MR) is 55.5 cm³/mol. The highest BCUT2D eigenvalue weighted by Gasteiger charge is 2.14. The Labute approximate surface area is 88.2 Å². The van der Waals surface area contributed by atoms with Crippen molar-refractivity contribution in [1.82, 2.24) is 9.71 Å². The highest BCUT2D eigenvalue weighted by Crippen LogP contribution is 2.08. The lowest BCUT2D eigenvalue weighted by Gasteiger charge is -2.07. The lowest BCUT2D eigenvalue weighted by Crippen LogP contribution is -2.30. The fourth-order valence-electron chi connectivity index (χ4n) is 0.864. The van der Waals surface area contributed by atoms with E-state index in [9.17, 15) is 8.42 Å². The van der Waals surface area contributed by atoms with Gasteiger partial charge in [0, 0.05) is 12.7 Å². The number of nitrogens with two attached hydrogens (primary N) is 1. The van der Waals surface area contributed by atoms with Crippen molar-refractivity contribution in [2.75, 3.05) is 12.3 Å². The molecular weight excluding hydrogens is 218 g/mol. The monoisotopic (exact) mass is 231 g/mol. The fraction of sp³-hybridized carbons (Fsp3) is 0.375. The first-order valence-corrected chi connectivity index (χ1v) is 5.79. The largest absolute Gasteiger partial charge is 0.392 e. The van der Waals surface area contributed by atoms with E-state index in [1.807, 2.05) is 0 Å². The van der Waals surface area contributed by atoms with Crippen molar-refractivity contribution in [3.05, 3.63) is 18.3 Å². The molecule has 15 heavy (non-hydrogen) atoms. The maximum Gasteiger partial charge on any atom is 0.242 e. The average molecular weight is 231 g/mol. The normalized spacial score (nSPS) is 13.7. The molecule has 0 unspecified atom stereocenters. The molecule has 4 N–H and O–H groups in total. The summed E-state index contributed by atoms with van der Waals surface area (Å²) in [7, 11) is -3.60. The number of aliphatic hydroxyl groups is 1. The summed E-state index contributed by atoms with van der Waals surface area (Å²) in [6.45, 7) is 1.45. The van der Waals surface area contributed by atoms with Crippen molar-refractivity contribution in [1.29, 1.82) is 0 Å². The van der Waals surface area contributed by atoms with E-state index in [1.54, 1.807) is 0 Å². The fourth-order valence-corrected chi connectivity index (χ4v) is 1.93. The highest BCUT2D eigenvalue weighted by molar-refractivity contribution is 7.89. The van der Waals surface area contributed by atoms with E-state index in [4.69, 9.17) is 10.8 Å². The first-order chi connectivity index (χ1) is 6.92. The van der Waals surface area contributed by atoms with E-state index in [-0.39, 0.29) is 17.3 Å². The molecule has 0 spiro atoms. The average Bonchev–Trinajstić information content (AvgIpc) is 2.16. The molecule has 1 atom stereocenters. The van der Waals surface area contributed by atoms with Gasteiger partial charge in [0.15, 0.2) is 0 Å². The Morgan fingerprint density at radius 1 is 1.60 bits per heavy atom. The van der Waals surface area contributed by atoms with Crippen LogP contribution >= 0.6 is 0 Å². The molecule has 0 amide bonds. The van der Waals surface area contributed by atoms with Gasteiger partial charge in [0.2, 0.25) is 10.0 Å². The van der Waals surface area contributed by atoms with E-state index in [2.05, 4.69) is 9.71 Å². The number of nitrogen functional groups attached to an aromatic ring is 1. The first kappa shape index (κ1) is 11.9. The Morgan fingerprint density at radius 3 is 2.73 bits per heavy atom. The summed E-state index contributed by atoms with van der Waals surface area (Å²) < 4.78 is 25.3. The van der Waals surface area contributed by atoms with Gasteiger partial charge in [-0.2, -0.15) is 0 Å². The Hall–Kier alpha value is -1.18. The van der Waals surface area contributed by atoms with Crippen molar-refractivity contribution in [3.8, 4) is 0 Å². The van der Waals surface area contributed by atoms with Crippen molar-refractivity contribution >= 4 is 15.8 Å². The molecule has 1 aromatic rings. The molecule has 1 aromatic heterocycles. The zero-order valence-corrected chi connectivity index (χ0v) is 9.03. The molecule has 0 aliphatic heterocycles. The lowest BCUT2D eigenvalue weighted by molar-refractivity contribution is 0.198. The number of aliphatic hydroxyl groups excluding tert-OH is 1. The molecule has 0 fully saturated rings. The quantitative estimate of drug-likeness (QED) is 0.637. The van der Waals surface area contributed by atoms with E-state index in [1.165, 1.54) is 25.3 Å². The molecular formula is C8H13N3O3S. The Morgan fingerprint density at radius 2 is 2.27 bits per heavy atom. The minimum absolute atomic E-state index is 0.0253. The minimum atomic E-state index is -3.60. The van der Waals surface area contributed by atoms with Crippen molar-refractivity contribution in [2.45, 2.75) is 17.9 Å². The van der Waals surface area contributed by atoms with E-state index in [0.29, 0.717) is 0 Å². The number of anilines is 1. The third kappa shape index (κ3) is 3.46. The summed E-state index contributed by atoms with van der Waals surface area (Å²) in [6.07, 6.45) is 0.432. The van der Waals surface area contributed by atoms with Crippen molar-refractivity contribution in [3.63, 3.8) is 0 Å². The molecule has 0 aliphatic carbocycles. The predicted octanol–water partition coefficient (Wildman–Crippen LogP) is -0.677. The van der Waals surface area contributed by atoms with E-state index < -0.39 is 16.1 Å². The van der Waals surface area contributed by atoms with Gasteiger partial charge in [-0.05, 0) is 19.1 Å². The number of hydrogen-bond donors (Lipinski definition) is 3. The molecule has 7 heteroatoms. The number of nitrogens with zero attached hydrogens (tertiary/aromatic N) is 1. The van der Waals surface area contributed by atoms with Gasteiger partial charge in [0.1, 0.15) is 10.7 Å². The van der Waals surface area contributed by atoms with Gasteiger partial charge >= 0.3 is 0 Å². The van der Waals surface area contributed by atoms with Crippen LogP contribution in [0.1, 0.15) is 6.92 Å². The second-order valence-electron chi connectivity index (χ2n) is 3.12. The van der Waals surface area contributed by atoms with Crippen molar-refractivity contribution in [2.24, 2.45) is 0 Å². The lowest BCUT2D eigenvalue weighted by atomic mass is 10.4. The molecule has 84 valence electrons. The zero-order chi connectivity index (χ0) is 11.5. The number of sulfonamides is 1. The summed E-state index contributed by atoms with van der Waals surface area (Å²) in [4.78, 5) is 3.69.